The number of aliphatic carboxylic acids is 1. The smallest absolute Gasteiger partial charge is 0.373 e. The second-order valence-corrected chi connectivity index (χ2v) is 5.57. The van der Waals surface area contributed by atoms with E-state index in [1.807, 2.05) is 0 Å². The van der Waals surface area contributed by atoms with Gasteiger partial charge in [-0.15, -0.1) is 0 Å². The number of nitrogens with one attached hydrogen (secondary N) is 1. The molecule has 0 radical (unpaired) electrons. The normalized spacial score (nSPS) is 11.8. The molecular formula is C17H13Cl2FN2O4. The zero-order valence-electron chi connectivity index (χ0n) is 13.4. The summed E-state index contributed by atoms with van der Waals surface area (Å²) in [4.78, 5) is 11.4. The van der Waals surface area contributed by atoms with Crippen LogP contribution in [0, 0.1) is 5.82 Å². The van der Waals surface area contributed by atoms with Gasteiger partial charge in [-0.2, -0.15) is 5.10 Å². The van der Waals surface area contributed by atoms with E-state index in [9.17, 15) is 14.3 Å². The van der Waals surface area contributed by atoms with Crippen molar-refractivity contribution in [1.82, 2.24) is 0 Å². The van der Waals surface area contributed by atoms with Crippen LogP contribution in [0.2, 0.25) is 5.02 Å². The van der Waals surface area contributed by atoms with E-state index < -0.39 is 17.5 Å². The molecule has 0 aliphatic heterocycles. The van der Waals surface area contributed by atoms with Gasteiger partial charge < -0.3 is 14.6 Å². The minimum absolute atomic E-state index is 0.0825. The summed E-state index contributed by atoms with van der Waals surface area (Å²) in [6, 6.07) is 10.2. The van der Waals surface area contributed by atoms with Crippen molar-refractivity contribution in [3.05, 3.63) is 64.1 Å². The fraction of sp³-hybridized carbons (Fsp3) is 0.0588. The molecule has 0 heterocycles. The molecule has 2 N–H and O–H groups in total. The van der Waals surface area contributed by atoms with Gasteiger partial charge in [0, 0.05) is 0 Å². The lowest BCUT2D eigenvalue weighted by atomic mass is 10.3. The molecule has 0 atom stereocenters. The van der Waals surface area contributed by atoms with Crippen LogP contribution in [0.4, 0.5) is 10.1 Å². The number of carboxylic acids is 1. The van der Waals surface area contributed by atoms with Gasteiger partial charge >= 0.3 is 5.97 Å². The minimum Gasteiger partial charge on any atom is -0.497 e. The Balaban J connectivity index is 2.12. The second kappa shape index (κ2) is 9.07. The number of carbonyl (C=O) groups is 1. The van der Waals surface area contributed by atoms with E-state index >= 15 is 0 Å². The standard InChI is InChI=1S/C17H13Cl2FN2O4/c1-25-11-3-5-12(6-4-11)26-16(17(23)24)14(19)9-21-22-10-2-7-15(20)13(18)8-10/h2-9,22H,1H3,(H,23,24)/b16-14-,21-9-. The predicted octanol–water partition coefficient (Wildman–Crippen LogP) is 4.50. The average Bonchev–Trinajstić information content (AvgIpc) is 2.62. The SMILES string of the molecule is COc1ccc(O/C(C(=O)O)=C(Cl)/C=N\Nc2ccc(F)c(Cl)c2)cc1. The van der Waals surface area contributed by atoms with Crippen molar-refractivity contribution in [1.29, 1.82) is 0 Å². The van der Waals surface area contributed by atoms with E-state index in [4.69, 9.17) is 32.7 Å². The maximum absolute atomic E-state index is 13.1. The number of hydrogen-bond acceptors (Lipinski definition) is 5. The molecule has 0 spiro atoms. The summed E-state index contributed by atoms with van der Waals surface area (Å²) < 4.78 is 23.4. The van der Waals surface area contributed by atoms with Crippen LogP contribution < -0.4 is 14.9 Å². The van der Waals surface area contributed by atoms with Gasteiger partial charge in [-0.3, -0.25) is 5.43 Å². The molecule has 136 valence electrons. The molecule has 0 saturated carbocycles. The molecule has 0 aliphatic rings. The minimum atomic E-state index is -1.37. The van der Waals surface area contributed by atoms with Crippen molar-refractivity contribution in [2.24, 2.45) is 5.10 Å². The number of hydrazone groups is 1. The van der Waals surface area contributed by atoms with Gasteiger partial charge in [0.25, 0.3) is 0 Å². The average molecular weight is 399 g/mol. The fourth-order valence-electron chi connectivity index (χ4n) is 1.74. The molecule has 2 rings (SSSR count). The summed E-state index contributed by atoms with van der Waals surface area (Å²) in [6.07, 6.45) is 1.05. The van der Waals surface area contributed by atoms with Crippen LogP contribution in [0.15, 0.2) is 58.4 Å². The molecule has 0 saturated heterocycles. The van der Waals surface area contributed by atoms with Gasteiger partial charge in [-0.05, 0) is 42.5 Å². The van der Waals surface area contributed by atoms with E-state index in [1.54, 1.807) is 12.1 Å². The van der Waals surface area contributed by atoms with Crippen molar-refractivity contribution in [3.8, 4) is 11.5 Å². The highest BCUT2D eigenvalue weighted by Gasteiger charge is 2.15. The van der Waals surface area contributed by atoms with Crippen LogP contribution in [0.1, 0.15) is 0 Å². The van der Waals surface area contributed by atoms with E-state index in [0.29, 0.717) is 11.4 Å². The van der Waals surface area contributed by atoms with Crippen molar-refractivity contribution in [2.75, 3.05) is 12.5 Å². The topological polar surface area (TPSA) is 80.2 Å². The molecule has 0 amide bonds. The number of nitrogens with zero attached hydrogens (tertiary/aromatic N) is 1. The molecule has 6 nitrogen and oxygen atoms in total. The monoisotopic (exact) mass is 398 g/mol. The third-order valence-corrected chi connectivity index (χ3v) is 3.54. The lowest BCUT2D eigenvalue weighted by Gasteiger charge is -2.08. The van der Waals surface area contributed by atoms with E-state index in [2.05, 4.69) is 10.5 Å². The first-order valence-corrected chi connectivity index (χ1v) is 7.85. The molecule has 26 heavy (non-hydrogen) atoms. The van der Waals surface area contributed by atoms with Crippen LogP contribution in [-0.4, -0.2) is 24.4 Å². The maximum Gasteiger partial charge on any atom is 0.373 e. The lowest BCUT2D eigenvalue weighted by Crippen LogP contribution is -2.10. The Bertz CT molecular complexity index is 854. The molecule has 2 aromatic rings. The number of ether oxygens (including phenoxy) is 2. The molecule has 2 aromatic carbocycles. The number of carboxylic acid groups (broad SMARTS) is 1. The van der Waals surface area contributed by atoms with Gasteiger partial charge in [-0.25, -0.2) is 9.18 Å². The van der Waals surface area contributed by atoms with Crippen LogP contribution in [0.5, 0.6) is 11.5 Å². The van der Waals surface area contributed by atoms with Crippen molar-refractivity contribution in [3.63, 3.8) is 0 Å². The van der Waals surface area contributed by atoms with Gasteiger partial charge in [0.1, 0.15) is 22.3 Å². The van der Waals surface area contributed by atoms with Gasteiger partial charge in [-0.1, -0.05) is 23.2 Å². The number of halogens is 3. The molecular weight excluding hydrogens is 386 g/mol. The second-order valence-electron chi connectivity index (χ2n) is 4.76. The molecule has 0 aromatic heterocycles. The lowest BCUT2D eigenvalue weighted by molar-refractivity contribution is -0.135. The van der Waals surface area contributed by atoms with E-state index in [-0.39, 0.29) is 15.8 Å². The van der Waals surface area contributed by atoms with Crippen molar-refractivity contribution >= 4 is 41.1 Å². The predicted molar refractivity (Wildman–Crippen MR) is 97.7 cm³/mol. The Hall–Kier alpha value is -2.77. The first-order valence-electron chi connectivity index (χ1n) is 7.10. The Morgan fingerprint density at radius 3 is 2.46 bits per heavy atom. The van der Waals surface area contributed by atoms with Gasteiger partial charge in [0.05, 0.1) is 24.0 Å². The Morgan fingerprint density at radius 1 is 1.23 bits per heavy atom. The number of anilines is 1. The number of methoxy groups -OCH3 is 1. The zero-order valence-corrected chi connectivity index (χ0v) is 14.9. The Kier molecular flexibility index (Phi) is 6.82. The number of allylic oxidation sites excluding steroid dienone is 1. The molecule has 0 aliphatic carbocycles. The van der Waals surface area contributed by atoms with Crippen molar-refractivity contribution < 1.29 is 23.8 Å². The third-order valence-electron chi connectivity index (χ3n) is 2.98. The summed E-state index contributed by atoms with van der Waals surface area (Å²) >= 11 is 11.6. The number of benzene rings is 2. The van der Waals surface area contributed by atoms with Gasteiger partial charge in [0.15, 0.2) is 0 Å². The highest BCUT2D eigenvalue weighted by molar-refractivity contribution is 6.41. The van der Waals surface area contributed by atoms with Crippen molar-refractivity contribution in [2.45, 2.75) is 0 Å². The summed E-state index contributed by atoms with van der Waals surface area (Å²) in [5.74, 6) is -1.61. The summed E-state index contributed by atoms with van der Waals surface area (Å²) in [5, 5.41) is 12.7. The third kappa shape index (κ3) is 5.37. The molecule has 0 fully saturated rings. The highest BCUT2D eigenvalue weighted by Crippen LogP contribution is 2.22. The largest absolute Gasteiger partial charge is 0.497 e. The molecule has 0 bridgehead atoms. The Labute approximate surface area is 158 Å². The van der Waals surface area contributed by atoms with E-state index in [0.717, 1.165) is 12.3 Å². The van der Waals surface area contributed by atoms with E-state index in [1.165, 1.54) is 31.4 Å². The number of rotatable bonds is 7. The first-order chi connectivity index (χ1) is 12.4. The van der Waals surface area contributed by atoms with Crippen LogP contribution in [0.3, 0.4) is 0 Å². The van der Waals surface area contributed by atoms with Gasteiger partial charge in [0.2, 0.25) is 5.76 Å². The molecule has 0 unspecified atom stereocenters. The van der Waals surface area contributed by atoms with Crippen LogP contribution in [-0.2, 0) is 4.79 Å². The number of hydrogen-bond donors (Lipinski definition) is 2. The van der Waals surface area contributed by atoms with Crippen LogP contribution in [0.25, 0.3) is 0 Å². The highest BCUT2D eigenvalue weighted by atomic mass is 35.5. The maximum atomic E-state index is 13.1. The summed E-state index contributed by atoms with van der Waals surface area (Å²) in [5.41, 5.74) is 2.94. The molecule has 9 heteroatoms. The first kappa shape index (κ1) is 19.6. The summed E-state index contributed by atoms with van der Waals surface area (Å²) in [6.45, 7) is 0. The zero-order chi connectivity index (χ0) is 19.1. The fourth-order valence-corrected chi connectivity index (χ4v) is 2.09. The quantitative estimate of drug-likeness (QED) is 0.310. The van der Waals surface area contributed by atoms with Crippen LogP contribution >= 0.6 is 23.2 Å². The summed E-state index contributed by atoms with van der Waals surface area (Å²) in [7, 11) is 1.51. The Morgan fingerprint density at radius 2 is 1.88 bits per heavy atom.